The van der Waals surface area contributed by atoms with Crippen molar-refractivity contribution in [3.05, 3.63) is 60.2 Å². The lowest BCUT2D eigenvalue weighted by atomic mass is 10.0. The van der Waals surface area contributed by atoms with Crippen molar-refractivity contribution in [2.75, 3.05) is 28.6 Å². The van der Waals surface area contributed by atoms with Gasteiger partial charge in [0, 0.05) is 37.0 Å². The number of hydrogen-bond donors (Lipinski definition) is 2. The standard InChI is InChI=1S/C22H24F3N5O2/c1-3-29(4-2)15-9-7-14(8-10-15)26-21(31)17-13-20-27-16(18-6-5-11-32-18)12-19(22(23,24)25)30(20)28-17/h5-11,13,16,19,27H,3-4,12H2,1-2H3,(H,26,31)/t16-,19-/m1/s1. The number of anilines is 3. The van der Waals surface area contributed by atoms with Gasteiger partial charge in [-0.3, -0.25) is 4.79 Å². The number of rotatable bonds is 6. The fourth-order valence-corrected chi connectivity index (χ4v) is 3.90. The van der Waals surface area contributed by atoms with E-state index in [4.69, 9.17) is 4.42 Å². The second kappa shape index (κ2) is 8.60. The molecular formula is C22H24F3N5O2. The number of benzene rings is 1. The normalized spacial score (nSPS) is 18.0. The van der Waals surface area contributed by atoms with Gasteiger partial charge in [0.2, 0.25) is 0 Å². The number of fused-ring (bicyclic) bond motifs is 1. The van der Waals surface area contributed by atoms with Gasteiger partial charge in [0.15, 0.2) is 11.7 Å². The number of carbonyl (C=O) groups excluding carboxylic acids is 1. The first-order valence-electron chi connectivity index (χ1n) is 10.4. The molecule has 4 rings (SSSR count). The van der Waals surface area contributed by atoms with E-state index >= 15 is 0 Å². The van der Waals surface area contributed by atoms with Crippen molar-refractivity contribution in [2.24, 2.45) is 0 Å². The lowest BCUT2D eigenvalue weighted by Crippen LogP contribution is -2.35. The summed E-state index contributed by atoms with van der Waals surface area (Å²) >= 11 is 0. The Morgan fingerprint density at radius 1 is 1.25 bits per heavy atom. The van der Waals surface area contributed by atoms with Gasteiger partial charge < -0.3 is 20.0 Å². The second-order valence-electron chi connectivity index (χ2n) is 7.54. The molecule has 0 spiro atoms. The van der Waals surface area contributed by atoms with Crippen LogP contribution in [-0.2, 0) is 0 Å². The summed E-state index contributed by atoms with van der Waals surface area (Å²) in [5.74, 6) is -0.0761. The van der Waals surface area contributed by atoms with Crippen LogP contribution < -0.4 is 15.5 Å². The molecule has 3 heterocycles. The number of aromatic nitrogens is 2. The zero-order valence-electron chi connectivity index (χ0n) is 17.7. The Balaban J connectivity index is 1.55. The molecule has 3 aromatic rings. The summed E-state index contributed by atoms with van der Waals surface area (Å²) in [5, 5.41) is 9.66. The molecule has 2 atom stereocenters. The molecule has 2 N–H and O–H groups in total. The zero-order valence-corrected chi connectivity index (χ0v) is 17.7. The van der Waals surface area contributed by atoms with E-state index in [0.717, 1.165) is 23.5 Å². The molecule has 0 aliphatic carbocycles. The number of hydrogen-bond acceptors (Lipinski definition) is 5. The molecule has 0 unspecified atom stereocenters. The van der Waals surface area contributed by atoms with Crippen LogP contribution in [-0.4, -0.2) is 35.0 Å². The first-order valence-corrected chi connectivity index (χ1v) is 10.4. The highest BCUT2D eigenvalue weighted by Crippen LogP contribution is 2.43. The number of nitrogens with zero attached hydrogens (tertiary/aromatic N) is 3. The Morgan fingerprint density at radius 2 is 1.97 bits per heavy atom. The first kappa shape index (κ1) is 21.8. The van der Waals surface area contributed by atoms with Crippen LogP contribution in [0.1, 0.15) is 48.6 Å². The van der Waals surface area contributed by atoms with Gasteiger partial charge in [0.1, 0.15) is 11.6 Å². The third kappa shape index (κ3) is 4.30. The fraction of sp³-hybridized carbons (Fsp3) is 0.364. The van der Waals surface area contributed by atoms with Crippen molar-refractivity contribution in [1.82, 2.24) is 9.78 Å². The van der Waals surface area contributed by atoms with Crippen LogP contribution in [0.5, 0.6) is 0 Å². The predicted molar refractivity (Wildman–Crippen MR) is 115 cm³/mol. The molecule has 2 aromatic heterocycles. The van der Waals surface area contributed by atoms with E-state index in [1.807, 2.05) is 12.1 Å². The minimum atomic E-state index is -4.53. The number of furan rings is 1. The summed E-state index contributed by atoms with van der Waals surface area (Å²) in [6.07, 6.45) is -3.41. The summed E-state index contributed by atoms with van der Waals surface area (Å²) in [6, 6.07) is 9.30. The van der Waals surface area contributed by atoms with E-state index in [1.54, 1.807) is 24.3 Å². The van der Waals surface area contributed by atoms with E-state index in [-0.39, 0.29) is 17.9 Å². The molecular weight excluding hydrogens is 423 g/mol. The molecule has 0 saturated heterocycles. The smallest absolute Gasteiger partial charge is 0.410 e. The maximum absolute atomic E-state index is 13.7. The van der Waals surface area contributed by atoms with Gasteiger partial charge in [-0.05, 0) is 50.2 Å². The van der Waals surface area contributed by atoms with Crippen LogP contribution >= 0.6 is 0 Å². The average Bonchev–Trinajstić information content (AvgIpc) is 3.44. The minimum Gasteiger partial charge on any atom is -0.467 e. The van der Waals surface area contributed by atoms with Gasteiger partial charge in [-0.15, -0.1) is 0 Å². The van der Waals surface area contributed by atoms with Crippen LogP contribution in [0.15, 0.2) is 53.1 Å². The highest BCUT2D eigenvalue weighted by Gasteiger charge is 2.47. The van der Waals surface area contributed by atoms with Crippen molar-refractivity contribution in [3.8, 4) is 0 Å². The molecule has 1 aliphatic rings. The Hall–Kier alpha value is -3.43. The number of nitrogens with one attached hydrogen (secondary N) is 2. The summed E-state index contributed by atoms with van der Waals surface area (Å²) in [6.45, 7) is 5.82. The van der Waals surface area contributed by atoms with Crippen molar-refractivity contribution in [2.45, 2.75) is 38.5 Å². The summed E-state index contributed by atoms with van der Waals surface area (Å²) in [4.78, 5) is 14.9. The number of halogens is 3. The molecule has 1 aromatic carbocycles. The quantitative estimate of drug-likeness (QED) is 0.541. The molecule has 10 heteroatoms. The fourth-order valence-electron chi connectivity index (χ4n) is 3.90. The van der Waals surface area contributed by atoms with E-state index in [1.165, 1.54) is 12.3 Å². The Morgan fingerprint density at radius 3 is 2.56 bits per heavy atom. The van der Waals surface area contributed by atoms with Gasteiger partial charge >= 0.3 is 6.18 Å². The Kier molecular flexibility index (Phi) is 5.86. The lowest BCUT2D eigenvalue weighted by Gasteiger charge is -2.32. The van der Waals surface area contributed by atoms with Gasteiger partial charge in [0.25, 0.3) is 5.91 Å². The molecule has 1 amide bonds. The van der Waals surface area contributed by atoms with E-state index < -0.39 is 24.2 Å². The Labute approximate surface area is 183 Å². The van der Waals surface area contributed by atoms with Crippen molar-refractivity contribution < 1.29 is 22.4 Å². The number of carbonyl (C=O) groups is 1. The zero-order chi connectivity index (χ0) is 22.9. The van der Waals surface area contributed by atoms with E-state index in [9.17, 15) is 18.0 Å². The lowest BCUT2D eigenvalue weighted by molar-refractivity contribution is -0.174. The highest BCUT2D eigenvalue weighted by molar-refractivity contribution is 6.03. The monoisotopic (exact) mass is 447 g/mol. The SMILES string of the molecule is CCN(CC)c1ccc(NC(=O)c2cc3n(n2)[C@@H](C(F)(F)F)C[C@H](c2ccco2)N3)cc1. The molecule has 0 fully saturated rings. The molecule has 32 heavy (non-hydrogen) atoms. The minimum absolute atomic E-state index is 0.102. The predicted octanol–water partition coefficient (Wildman–Crippen LogP) is 5.23. The van der Waals surface area contributed by atoms with Crippen LogP contribution in [0, 0.1) is 0 Å². The summed E-state index contributed by atoms with van der Waals surface area (Å²) in [7, 11) is 0. The highest BCUT2D eigenvalue weighted by atomic mass is 19.4. The number of alkyl halides is 3. The van der Waals surface area contributed by atoms with Crippen LogP contribution in [0.25, 0.3) is 0 Å². The molecule has 7 nitrogen and oxygen atoms in total. The van der Waals surface area contributed by atoms with E-state index in [2.05, 4.69) is 34.5 Å². The third-order valence-electron chi connectivity index (χ3n) is 5.56. The first-order chi connectivity index (χ1) is 15.3. The molecule has 170 valence electrons. The maximum Gasteiger partial charge on any atom is 0.410 e. The van der Waals surface area contributed by atoms with Crippen molar-refractivity contribution >= 4 is 23.1 Å². The van der Waals surface area contributed by atoms with Gasteiger partial charge in [-0.25, -0.2) is 4.68 Å². The second-order valence-corrected chi connectivity index (χ2v) is 7.54. The Bertz CT molecular complexity index is 1060. The molecule has 0 bridgehead atoms. The maximum atomic E-state index is 13.7. The van der Waals surface area contributed by atoms with Crippen LogP contribution in [0.4, 0.5) is 30.4 Å². The largest absolute Gasteiger partial charge is 0.467 e. The van der Waals surface area contributed by atoms with Gasteiger partial charge in [-0.2, -0.15) is 18.3 Å². The van der Waals surface area contributed by atoms with Crippen LogP contribution in [0.2, 0.25) is 0 Å². The number of amides is 1. The summed E-state index contributed by atoms with van der Waals surface area (Å²) in [5.41, 5.74) is 1.45. The topological polar surface area (TPSA) is 75.3 Å². The van der Waals surface area contributed by atoms with Crippen molar-refractivity contribution in [1.29, 1.82) is 0 Å². The van der Waals surface area contributed by atoms with E-state index in [0.29, 0.717) is 11.4 Å². The molecule has 0 saturated carbocycles. The van der Waals surface area contributed by atoms with Crippen molar-refractivity contribution in [3.63, 3.8) is 0 Å². The van der Waals surface area contributed by atoms with Gasteiger partial charge in [-0.1, -0.05) is 0 Å². The van der Waals surface area contributed by atoms with Gasteiger partial charge in [0.05, 0.1) is 12.3 Å². The summed E-state index contributed by atoms with van der Waals surface area (Å²) < 4.78 is 47.3. The molecule has 1 aliphatic heterocycles. The average molecular weight is 447 g/mol. The third-order valence-corrected chi connectivity index (χ3v) is 5.56. The van der Waals surface area contributed by atoms with Crippen LogP contribution in [0.3, 0.4) is 0 Å². The molecule has 0 radical (unpaired) electrons.